The van der Waals surface area contributed by atoms with Crippen molar-refractivity contribution in [1.82, 2.24) is 19.1 Å². The number of nitrogens with zero attached hydrogens (tertiary/aromatic N) is 4. The summed E-state index contributed by atoms with van der Waals surface area (Å²) in [5.74, 6) is 0. The molecule has 2 heterocycles. The van der Waals surface area contributed by atoms with Gasteiger partial charge in [-0.25, -0.2) is 8.42 Å². The number of sulfonamides is 1. The van der Waals surface area contributed by atoms with E-state index in [1.165, 1.54) is 16.6 Å². The van der Waals surface area contributed by atoms with E-state index < -0.39 is 10.0 Å². The van der Waals surface area contributed by atoms with E-state index in [0.29, 0.717) is 0 Å². The molecule has 6 nitrogen and oxygen atoms in total. The van der Waals surface area contributed by atoms with E-state index in [9.17, 15) is 8.42 Å². The molecular weight excluding hydrogens is 264 g/mol. The second-order valence-corrected chi connectivity index (χ2v) is 6.20. The number of rotatable bonds is 5. The Kier molecular flexibility index (Phi) is 3.96. The number of hydrogen-bond donors (Lipinski definition) is 0. The van der Waals surface area contributed by atoms with Crippen molar-refractivity contribution in [2.24, 2.45) is 0 Å². The minimum absolute atomic E-state index is 0.195. The van der Waals surface area contributed by atoms with Crippen molar-refractivity contribution in [3.63, 3.8) is 0 Å². The summed E-state index contributed by atoms with van der Waals surface area (Å²) in [6, 6.07) is 3.14. The Morgan fingerprint density at radius 1 is 1.37 bits per heavy atom. The third-order valence-electron chi connectivity index (χ3n) is 2.76. The molecule has 0 aromatic carbocycles. The fraction of sp³-hybridized carbons (Fsp3) is 0.333. The SMILES string of the molecule is CCn1cc(CN(C)S(=O)(=O)c2cccnc2)cn1. The van der Waals surface area contributed by atoms with Crippen molar-refractivity contribution in [3.8, 4) is 0 Å². The first-order chi connectivity index (χ1) is 9.04. The van der Waals surface area contributed by atoms with E-state index in [0.717, 1.165) is 12.1 Å². The molecule has 0 spiro atoms. The summed E-state index contributed by atoms with van der Waals surface area (Å²) in [5.41, 5.74) is 0.858. The van der Waals surface area contributed by atoms with Crippen LogP contribution in [0.5, 0.6) is 0 Å². The maximum absolute atomic E-state index is 12.3. The number of pyridine rings is 1. The van der Waals surface area contributed by atoms with Crippen LogP contribution in [0.3, 0.4) is 0 Å². The lowest BCUT2D eigenvalue weighted by Crippen LogP contribution is -2.26. The maximum atomic E-state index is 12.3. The molecule has 2 rings (SSSR count). The van der Waals surface area contributed by atoms with Gasteiger partial charge < -0.3 is 0 Å². The molecule has 2 aromatic rings. The Balaban J connectivity index is 2.17. The molecule has 0 aliphatic rings. The lowest BCUT2D eigenvalue weighted by molar-refractivity contribution is 0.466. The summed E-state index contributed by atoms with van der Waals surface area (Å²) in [5, 5.41) is 4.13. The fourth-order valence-corrected chi connectivity index (χ4v) is 2.81. The third kappa shape index (κ3) is 2.99. The largest absolute Gasteiger partial charge is 0.273 e. The average Bonchev–Trinajstić information content (AvgIpc) is 2.87. The van der Waals surface area contributed by atoms with Crippen LogP contribution in [0.1, 0.15) is 12.5 Å². The first-order valence-electron chi connectivity index (χ1n) is 5.91. The monoisotopic (exact) mass is 280 g/mol. The predicted octanol–water partition coefficient (Wildman–Crippen LogP) is 1.12. The third-order valence-corrected chi connectivity index (χ3v) is 4.55. The van der Waals surface area contributed by atoms with Crippen LogP contribution in [-0.2, 0) is 23.1 Å². The van der Waals surface area contributed by atoms with Gasteiger partial charge in [-0.1, -0.05) is 0 Å². The highest BCUT2D eigenvalue weighted by atomic mass is 32.2. The van der Waals surface area contributed by atoms with Gasteiger partial charge in [0.1, 0.15) is 4.90 Å². The molecule has 0 atom stereocenters. The minimum Gasteiger partial charge on any atom is -0.273 e. The smallest absolute Gasteiger partial charge is 0.244 e. The van der Waals surface area contributed by atoms with Gasteiger partial charge in [-0.2, -0.15) is 9.40 Å². The van der Waals surface area contributed by atoms with Gasteiger partial charge in [0.05, 0.1) is 6.20 Å². The van der Waals surface area contributed by atoms with Crippen LogP contribution in [0.15, 0.2) is 41.8 Å². The van der Waals surface area contributed by atoms with Crippen molar-refractivity contribution in [3.05, 3.63) is 42.5 Å². The Morgan fingerprint density at radius 2 is 2.16 bits per heavy atom. The molecule has 0 aliphatic heterocycles. The Bertz CT molecular complexity index is 637. The zero-order valence-corrected chi connectivity index (χ0v) is 11.7. The zero-order valence-electron chi connectivity index (χ0n) is 10.9. The van der Waals surface area contributed by atoms with E-state index in [1.807, 2.05) is 13.1 Å². The van der Waals surface area contributed by atoms with E-state index in [1.54, 1.807) is 30.2 Å². The topological polar surface area (TPSA) is 68.1 Å². The lowest BCUT2D eigenvalue weighted by Gasteiger charge is -2.15. The lowest BCUT2D eigenvalue weighted by atomic mass is 10.4. The number of aryl methyl sites for hydroxylation is 1. The van der Waals surface area contributed by atoms with Crippen LogP contribution in [0.4, 0.5) is 0 Å². The Labute approximate surface area is 112 Å². The van der Waals surface area contributed by atoms with Crippen molar-refractivity contribution >= 4 is 10.0 Å². The predicted molar refractivity (Wildman–Crippen MR) is 70.8 cm³/mol. The van der Waals surface area contributed by atoms with Crippen molar-refractivity contribution < 1.29 is 8.42 Å². The van der Waals surface area contributed by atoms with Gasteiger partial charge in [-0.15, -0.1) is 0 Å². The molecule has 0 saturated heterocycles. The maximum Gasteiger partial charge on any atom is 0.244 e. The molecule has 0 fully saturated rings. The Hall–Kier alpha value is -1.73. The number of aromatic nitrogens is 3. The molecule has 19 heavy (non-hydrogen) atoms. The van der Waals surface area contributed by atoms with Crippen molar-refractivity contribution in [2.75, 3.05) is 7.05 Å². The minimum atomic E-state index is -3.50. The fourth-order valence-electron chi connectivity index (χ4n) is 1.68. The van der Waals surface area contributed by atoms with Gasteiger partial charge in [0.15, 0.2) is 0 Å². The van der Waals surface area contributed by atoms with Crippen LogP contribution in [0, 0.1) is 0 Å². The summed E-state index contributed by atoms with van der Waals surface area (Å²) >= 11 is 0. The Morgan fingerprint density at radius 3 is 2.74 bits per heavy atom. The standard InChI is InChI=1S/C12H16N4O2S/c1-3-16-10-11(7-14-16)9-15(2)19(17,18)12-5-4-6-13-8-12/h4-8,10H,3,9H2,1-2H3. The molecule has 0 unspecified atom stereocenters. The molecule has 0 amide bonds. The molecule has 0 bridgehead atoms. The second kappa shape index (κ2) is 5.50. The summed E-state index contributed by atoms with van der Waals surface area (Å²) in [4.78, 5) is 4.03. The summed E-state index contributed by atoms with van der Waals surface area (Å²) in [7, 11) is -1.95. The molecule has 102 valence electrons. The summed E-state index contributed by atoms with van der Waals surface area (Å²) < 4.78 is 27.6. The van der Waals surface area contributed by atoms with E-state index >= 15 is 0 Å². The van der Waals surface area contributed by atoms with E-state index in [4.69, 9.17) is 0 Å². The van der Waals surface area contributed by atoms with Gasteiger partial charge in [0, 0.05) is 44.3 Å². The van der Waals surface area contributed by atoms with Crippen LogP contribution >= 0.6 is 0 Å². The highest BCUT2D eigenvalue weighted by Crippen LogP contribution is 2.15. The molecule has 0 aliphatic carbocycles. The highest BCUT2D eigenvalue weighted by Gasteiger charge is 2.21. The van der Waals surface area contributed by atoms with Crippen molar-refractivity contribution in [2.45, 2.75) is 24.9 Å². The van der Waals surface area contributed by atoms with Gasteiger partial charge >= 0.3 is 0 Å². The highest BCUT2D eigenvalue weighted by molar-refractivity contribution is 7.89. The second-order valence-electron chi connectivity index (χ2n) is 4.15. The summed E-state index contributed by atoms with van der Waals surface area (Å²) in [6.45, 7) is 3.03. The average molecular weight is 280 g/mol. The van der Waals surface area contributed by atoms with Crippen molar-refractivity contribution in [1.29, 1.82) is 0 Å². The summed E-state index contributed by atoms with van der Waals surface area (Å²) in [6.07, 6.45) is 6.42. The van der Waals surface area contributed by atoms with Crippen LogP contribution in [0.2, 0.25) is 0 Å². The molecule has 0 saturated carbocycles. The molecular formula is C12H16N4O2S. The van der Waals surface area contributed by atoms with Crippen LogP contribution in [-0.4, -0.2) is 34.5 Å². The van der Waals surface area contributed by atoms with Gasteiger partial charge in [-0.3, -0.25) is 9.67 Å². The van der Waals surface area contributed by atoms with Gasteiger partial charge in [-0.05, 0) is 19.1 Å². The molecule has 2 aromatic heterocycles. The van der Waals surface area contributed by atoms with Gasteiger partial charge in [0.25, 0.3) is 0 Å². The number of hydrogen-bond acceptors (Lipinski definition) is 4. The van der Waals surface area contributed by atoms with Crippen LogP contribution < -0.4 is 0 Å². The van der Waals surface area contributed by atoms with E-state index in [-0.39, 0.29) is 11.4 Å². The molecule has 7 heteroatoms. The first-order valence-corrected chi connectivity index (χ1v) is 7.35. The molecule has 0 N–H and O–H groups in total. The van der Waals surface area contributed by atoms with E-state index in [2.05, 4.69) is 10.1 Å². The normalized spacial score (nSPS) is 11.9. The first kappa shape index (κ1) is 13.7. The molecule has 0 radical (unpaired) electrons. The zero-order chi connectivity index (χ0) is 13.9. The quantitative estimate of drug-likeness (QED) is 0.823. The van der Waals surface area contributed by atoms with Gasteiger partial charge in [0.2, 0.25) is 10.0 Å². The van der Waals surface area contributed by atoms with Crippen LogP contribution in [0.25, 0.3) is 0 Å².